The van der Waals surface area contributed by atoms with Gasteiger partial charge in [-0.25, -0.2) is 0 Å². The van der Waals surface area contributed by atoms with Crippen molar-refractivity contribution in [3.05, 3.63) is 42.2 Å². The van der Waals surface area contributed by atoms with E-state index in [-0.39, 0.29) is 5.78 Å². The number of rotatable bonds is 3. The summed E-state index contributed by atoms with van der Waals surface area (Å²) in [6.45, 7) is 6.91. The molecule has 0 aromatic heterocycles. The third-order valence-electron chi connectivity index (χ3n) is 1.73. The van der Waals surface area contributed by atoms with Crippen LogP contribution < -0.4 is 4.74 Å². The molecule has 0 atom stereocenters. The fourth-order valence-corrected chi connectivity index (χ4v) is 1.11. The molecule has 0 saturated carbocycles. The first-order valence-electron chi connectivity index (χ1n) is 4.04. The molecule has 0 radical (unpaired) electrons. The highest BCUT2D eigenvalue weighted by Gasteiger charge is 2.06. The Hall–Kier alpha value is -1.57. The summed E-state index contributed by atoms with van der Waals surface area (Å²) < 4.78 is 5.12. The van der Waals surface area contributed by atoms with E-state index in [0.717, 1.165) is 5.56 Å². The molecule has 2 nitrogen and oxygen atoms in total. The number of Topliss-reactive ketones (excluding diaryl/α,β-unsaturated/α-hetero) is 1. The van der Waals surface area contributed by atoms with E-state index in [4.69, 9.17) is 4.74 Å². The maximum absolute atomic E-state index is 11.1. The highest BCUT2D eigenvalue weighted by Crippen LogP contribution is 2.20. The van der Waals surface area contributed by atoms with Gasteiger partial charge in [0.15, 0.2) is 5.78 Å². The molecule has 2 heteroatoms. The number of hydrogen-bond donors (Lipinski definition) is 0. The highest BCUT2D eigenvalue weighted by atomic mass is 16.5. The molecule has 1 aromatic carbocycles. The topological polar surface area (TPSA) is 26.3 Å². The van der Waals surface area contributed by atoms with Crippen molar-refractivity contribution in [1.29, 1.82) is 0 Å². The van der Waals surface area contributed by atoms with E-state index < -0.39 is 0 Å². The number of hydrogen-bond acceptors (Lipinski definition) is 2. The summed E-state index contributed by atoms with van der Waals surface area (Å²) >= 11 is 0. The summed E-state index contributed by atoms with van der Waals surface area (Å²) in [5.74, 6) is 0.569. The Morgan fingerprint density at radius 1 is 1.54 bits per heavy atom. The van der Waals surface area contributed by atoms with E-state index in [1.54, 1.807) is 6.07 Å². The molecule has 0 heterocycles. The summed E-state index contributed by atoms with van der Waals surface area (Å²) in [4.78, 5) is 11.1. The van der Waals surface area contributed by atoms with Gasteiger partial charge in [0.25, 0.3) is 0 Å². The second-order valence-corrected chi connectivity index (χ2v) is 2.84. The lowest BCUT2D eigenvalue weighted by atomic mass is 10.1. The summed E-state index contributed by atoms with van der Waals surface area (Å²) in [6.07, 6.45) is 1.32. The molecule has 13 heavy (non-hydrogen) atoms. The van der Waals surface area contributed by atoms with E-state index in [9.17, 15) is 4.79 Å². The van der Waals surface area contributed by atoms with Gasteiger partial charge in [-0.05, 0) is 31.5 Å². The fraction of sp³-hybridized carbons (Fsp3) is 0.182. The van der Waals surface area contributed by atoms with Crippen LogP contribution in [0, 0.1) is 6.92 Å². The maximum Gasteiger partial charge on any atom is 0.163 e. The predicted octanol–water partition coefficient (Wildman–Crippen LogP) is 2.72. The van der Waals surface area contributed by atoms with Crippen LogP contribution in [-0.4, -0.2) is 5.78 Å². The number of ketones is 1. The molecule has 0 spiro atoms. The van der Waals surface area contributed by atoms with Crippen LogP contribution in [-0.2, 0) is 0 Å². The van der Waals surface area contributed by atoms with Crippen molar-refractivity contribution in [1.82, 2.24) is 0 Å². The zero-order valence-corrected chi connectivity index (χ0v) is 7.83. The Morgan fingerprint density at radius 3 is 2.77 bits per heavy atom. The number of carbonyl (C=O) groups excluding carboxylic acids is 1. The molecule has 0 aliphatic heterocycles. The van der Waals surface area contributed by atoms with Crippen LogP contribution in [0.2, 0.25) is 0 Å². The molecular weight excluding hydrogens is 164 g/mol. The van der Waals surface area contributed by atoms with Crippen LogP contribution in [0.25, 0.3) is 0 Å². The summed E-state index contributed by atoms with van der Waals surface area (Å²) in [7, 11) is 0. The summed E-state index contributed by atoms with van der Waals surface area (Å²) in [5.41, 5.74) is 1.65. The number of ether oxygens (including phenoxy) is 1. The van der Waals surface area contributed by atoms with E-state index >= 15 is 0 Å². The van der Waals surface area contributed by atoms with Crippen molar-refractivity contribution in [3.63, 3.8) is 0 Å². The van der Waals surface area contributed by atoms with Crippen molar-refractivity contribution in [3.8, 4) is 5.75 Å². The average molecular weight is 176 g/mol. The number of aryl methyl sites for hydroxylation is 1. The molecule has 0 N–H and O–H groups in total. The molecule has 0 bridgehead atoms. The first-order valence-corrected chi connectivity index (χ1v) is 4.04. The number of benzene rings is 1. The van der Waals surface area contributed by atoms with Crippen LogP contribution >= 0.6 is 0 Å². The Bertz CT molecular complexity index is 340. The highest BCUT2D eigenvalue weighted by molar-refractivity contribution is 5.96. The smallest absolute Gasteiger partial charge is 0.163 e. The van der Waals surface area contributed by atoms with Crippen molar-refractivity contribution in [2.24, 2.45) is 0 Å². The third kappa shape index (κ3) is 2.18. The van der Waals surface area contributed by atoms with Gasteiger partial charge in [-0.15, -0.1) is 0 Å². The first kappa shape index (κ1) is 9.52. The Balaban J connectivity index is 3.17. The van der Waals surface area contributed by atoms with E-state index in [1.807, 2.05) is 19.1 Å². The van der Waals surface area contributed by atoms with Gasteiger partial charge in [0.2, 0.25) is 0 Å². The molecule has 0 fully saturated rings. The summed E-state index contributed by atoms with van der Waals surface area (Å²) in [6, 6.07) is 5.46. The molecule has 0 aliphatic rings. The normalized spacial score (nSPS) is 9.38. The van der Waals surface area contributed by atoms with Crippen LogP contribution in [0.5, 0.6) is 5.75 Å². The second-order valence-electron chi connectivity index (χ2n) is 2.84. The predicted molar refractivity (Wildman–Crippen MR) is 52.0 cm³/mol. The maximum atomic E-state index is 11.1. The van der Waals surface area contributed by atoms with Gasteiger partial charge >= 0.3 is 0 Å². The van der Waals surface area contributed by atoms with Gasteiger partial charge < -0.3 is 4.74 Å². The largest absolute Gasteiger partial charge is 0.465 e. The van der Waals surface area contributed by atoms with Crippen molar-refractivity contribution in [2.45, 2.75) is 13.8 Å². The lowest BCUT2D eigenvalue weighted by molar-refractivity contribution is 0.101. The molecule has 0 amide bonds. The van der Waals surface area contributed by atoms with Crippen LogP contribution in [0.3, 0.4) is 0 Å². The molecule has 0 aliphatic carbocycles. The van der Waals surface area contributed by atoms with E-state index in [1.165, 1.54) is 13.2 Å². The molecule has 0 saturated heterocycles. The van der Waals surface area contributed by atoms with Gasteiger partial charge in [0.1, 0.15) is 5.75 Å². The number of carbonyl (C=O) groups is 1. The monoisotopic (exact) mass is 176 g/mol. The van der Waals surface area contributed by atoms with Crippen LogP contribution in [0.1, 0.15) is 22.8 Å². The molecule has 0 unspecified atom stereocenters. The lowest BCUT2D eigenvalue weighted by Crippen LogP contribution is -1.96. The van der Waals surface area contributed by atoms with Crippen molar-refractivity contribution < 1.29 is 9.53 Å². The van der Waals surface area contributed by atoms with Crippen LogP contribution in [0.4, 0.5) is 0 Å². The molecule has 68 valence electrons. The zero-order chi connectivity index (χ0) is 9.84. The Morgan fingerprint density at radius 2 is 2.23 bits per heavy atom. The Labute approximate surface area is 77.8 Å². The minimum atomic E-state index is -0.00292. The average Bonchev–Trinajstić information content (AvgIpc) is 2.04. The third-order valence-corrected chi connectivity index (χ3v) is 1.73. The van der Waals surface area contributed by atoms with Gasteiger partial charge in [-0.1, -0.05) is 12.6 Å². The van der Waals surface area contributed by atoms with E-state index in [2.05, 4.69) is 6.58 Å². The van der Waals surface area contributed by atoms with Gasteiger partial charge in [0.05, 0.1) is 11.8 Å². The molecular formula is C11H12O2. The van der Waals surface area contributed by atoms with Gasteiger partial charge in [-0.2, -0.15) is 0 Å². The SMILES string of the molecule is C=COc1cc(C)ccc1C(C)=O. The zero-order valence-electron chi connectivity index (χ0n) is 7.83. The standard InChI is InChI=1S/C11H12O2/c1-4-13-11-7-8(2)5-6-10(11)9(3)12/h4-7H,1H2,2-3H3. The minimum Gasteiger partial charge on any atom is -0.465 e. The first-order chi connectivity index (χ1) is 6.15. The van der Waals surface area contributed by atoms with Crippen molar-refractivity contribution in [2.75, 3.05) is 0 Å². The quantitative estimate of drug-likeness (QED) is 0.523. The molecule has 1 rings (SSSR count). The fourth-order valence-electron chi connectivity index (χ4n) is 1.11. The van der Waals surface area contributed by atoms with E-state index in [0.29, 0.717) is 11.3 Å². The van der Waals surface area contributed by atoms with Crippen molar-refractivity contribution >= 4 is 5.78 Å². The second kappa shape index (κ2) is 3.90. The minimum absolute atomic E-state index is 0.00292. The van der Waals surface area contributed by atoms with Gasteiger partial charge in [0, 0.05) is 0 Å². The molecule has 1 aromatic rings. The van der Waals surface area contributed by atoms with Gasteiger partial charge in [-0.3, -0.25) is 4.79 Å². The Kier molecular flexibility index (Phi) is 2.85. The van der Waals surface area contributed by atoms with Crippen LogP contribution in [0.15, 0.2) is 31.0 Å². The lowest BCUT2D eigenvalue weighted by Gasteiger charge is -2.05. The summed E-state index contributed by atoms with van der Waals surface area (Å²) in [5, 5.41) is 0.